The van der Waals surface area contributed by atoms with Crippen molar-refractivity contribution in [1.29, 1.82) is 0 Å². The normalized spacial score (nSPS) is 39.9. The number of aliphatic hydroxyl groups is 4. The number of aliphatic hydroxyl groups excluding tert-OH is 3. The summed E-state index contributed by atoms with van der Waals surface area (Å²) < 4.78 is 0. The van der Waals surface area contributed by atoms with Crippen LogP contribution in [-0.2, 0) is 0 Å². The molecule has 1 aromatic rings. The van der Waals surface area contributed by atoms with Gasteiger partial charge in [0, 0.05) is 5.92 Å². The Bertz CT molecular complexity index is 340. The van der Waals surface area contributed by atoms with Gasteiger partial charge >= 0.3 is 0 Å². The Morgan fingerprint density at radius 1 is 1.13 bits per heavy atom. The summed E-state index contributed by atoms with van der Waals surface area (Å²) in [6, 6.07) is 8.89. The van der Waals surface area contributed by atoms with Crippen molar-refractivity contribution in [2.45, 2.75) is 23.7 Å². The minimum atomic E-state index is -1.62. The molecule has 0 saturated heterocycles. The summed E-state index contributed by atoms with van der Waals surface area (Å²) in [6.45, 7) is -0.565. The predicted molar refractivity (Wildman–Crippen MR) is 53.2 cm³/mol. The monoisotopic (exact) mass is 210 g/mol. The quantitative estimate of drug-likeness (QED) is 0.516. The van der Waals surface area contributed by atoms with Gasteiger partial charge in [0.25, 0.3) is 0 Å². The van der Waals surface area contributed by atoms with Crippen LogP contribution in [0.4, 0.5) is 0 Å². The van der Waals surface area contributed by atoms with Gasteiger partial charge in [-0.3, -0.25) is 0 Å². The van der Waals surface area contributed by atoms with E-state index in [-0.39, 0.29) is 0 Å². The molecule has 0 bridgehead atoms. The van der Waals surface area contributed by atoms with Crippen molar-refractivity contribution < 1.29 is 20.4 Å². The summed E-state index contributed by atoms with van der Waals surface area (Å²) in [5.41, 5.74) is -0.910. The molecule has 0 aliphatic heterocycles. The summed E-state index contributed by atoms with van der Waals surface area (Å²) in [5.74, 6) is -0.626. The molecular formula is C11H14O4. The Morgan fingerprint density at radius 2 is 1.73 bits per heavy atom. The highest BCUT2D eigenvalue weighted by Crippen LogP contribution is 2.45. The molecule has 0 spiro atoms. The van der Waals surface area contributed by atoms with E-state index in [9.17, 15) is 15.3 Å². The number of hydrogen-bond acceptors (Lipinski definition) is 4. The standard InChI is InChI=1S/C11H14O4/c12-6-11(15)8(9(13)10(11)14)7-4-2-1-3-5-7/h1-5,8-10,12-15H,6H2/t8-,9+,10+,11+/m1/s1. The maximum absolute atomic E-state index is 9.91. The third-order valence-corrected chi connectivity index (χ3v) is 3.13. The zero-order valence-corrected chi connectivity index (χ0v) is 8.11. The maximum atomic E-state index is 9.91. The maximum Gasteiger partial charge on any atom is 0.125 e. The van der Waals surface area contributed by atoms with Gasteiger partial charge in [0.05, 0.1) is 12.7 Å². The smallest absolute Gasteiger partial charge is 0.125 e. The van der Waals surface area contributed by atoms with E-state index in [0.717, 1.165) is 0 Å². The SMILES string of the molecule is OC[C@]1(O)[C@H](c2ccccc2)[C@H](O)[C@@H]1O. The molecule has 4 atom stereocenters. The molecule has 1 fully saturated rings. The molecule has 1 aliphatic carbocycles. The molecule has 4 heteroatoms. The van der Waals surface area contributed by atoms with Gasteiger partial charge in [0.2, 0.25) is 0 Å². The molecule has 1 aliphatic rings. The first-order valence-electron chi connectivity index (χ1n) is 4.85. The molecule has 82 valence electrons. The second kappa shape index (κ2) is 3.57. The lowest BCUT2D eigenvalue weighted by Crippen LogP contribution is -2.69. The molecular weight excluding hydrogens is 196 g/mol. The molecule has 1 saturated carbocycles. The number of rotatable bonds is 2. The van der Waals surface area contributed by atoms with E-state index in [1.54, 1.807) is 24.3 Å². The van der Waals surface area contributed by atoms with E-state index in [1.165, 1.54) is 0 Å². The number of hydrogen-bond donors (Lipinski definition) is 4. The van der Waals surface area contributed by atoms with Crippen LogP contribution in [0.3, 0.4) is 0 Å². The molecule has 1 aromatic carbocycles. The van der Waals surface area contributed by atoms with E-state index in [4.69, 9.17) is 5.11 Å². The minimum Gasteiger partial charge on any atom is -0.393 e. The van der Waals surface area contributed by atoms with Gasteiger partial charge in [0.15, 0.2) is 0 Å². The van der Waals surface area contributed by atoms with E-state index in [2.05, 4.69) is 0 Å². The van der Waals surface area contributed by atoms with Crippen LogP contribution in [-0.4, -0.2) is 44.8 Å². The molecule has 0 amide bonds. The van der Waals surface area contributed by atoms with E-state index in [0.29, 0.717) is 5.56 Å². The molecule has 0 heterocycles. The fraction of sp³-hybridized carbons (Fsp3) is 0.455. The van der Waals surface area contributed by atoms with Gasteiger partial charge in [0.1, 0.15) is 11.7 Å². The molecule has 0 radical (unpaired) electrons. The van der Waals surface area contributed by atoms with Gasteiger partial charge in [-0.05, 0) is 5.56 Å². The summed E-state index contributed by atoms with van der Waals surface area (Å²) >= 11 is 0. The lowest BCUT2D eigenvalue weighted by atomic mass is 9.62. The first-order chi connectivity index (χ1) is 7.11. The third-order valence-electron chi connectivity index (χ3n) is 3.13. The van der Waals surface area contributed by atoms with Crippen LogP contribution < -0.4 is 0 Å². The average Bonchev–Trinajstić information content (AvgIpc) is 2.29. The first kappa shape index (κ1) is 10.6. The Morgan fingerprint density at radius 3 is 2.27 bits per heavy atom. The van der Waals surface area contributed by atoms with Crippen molar-refractivity contribution in [2.75, 3.05) is 6.61 Å². The Labute approximate surface area is 87.4 Å². The lowest BCUT2D eigenvalue weighted by molar-refractivity contribution is -0.245. The van der Waals surface area contributed by atoms with Crippen molar-refractivity contribution in [1.82, 2.24) is 0 Å². The van der Waals surface area contributed by atoms with Gasteiger partial charge < -0.3 is 20.4 Å². The van der Waals surface area contributed by atoms with Crippen LogP contribution in [0.1, 0.15) is 11.5 Å². The zero-order valence-electron chi connectivity index (χ0n) is 8.11. The molecule has 4 N–H and O–H groups in total. The van der Waals surface area contributed by atoms with Crippen LogP contribution in [0.15, 0.2) is 30.3 Å². The molecule has 2 rings (SSSR count). The molecule has 15 heavy (non-hydrogen) atoms. The number of benzene rings is 1. The summed E-state index contributed by atoms with van der Waals surface area (Å²) in [4.78, 5) is 0. The highest BCUT2D eigenvalue weighted by Gasteiger charge is 2.60. The van der Waals surface area contributed by atoms with Gasteiger partial charge in [-0.15, -0.1) is 0 Å². The topological polar surface area (TPSA) is 80.9 Å². The molecule has 0 unspecified atom stereocenters. The van der Waals surface area contributed by atoms with Gasteiger partial charge in [-0.2, -0.15) is 0 Å². The summed E-state index contributed by atoms with van der Waals surface area (Å²) in [7, 11) is 0. The first-order valence-corrected chi connectivity index (χ1v) is 4.85. The van der Waals surface area contributed by atoms with Crippen molar-refractivity contribution in [3.05, 3.63) is 35.9 Å². The van der Waals surface area contributed by atoms with Crippen LogP contribution in [0.5, 0.6) is 0 Å². The summed E-state index contributed by atoms with van der Waals surface area (Å²) in [6.07, 6.45) is -2.31. The van der Waals surface area contributed by atoms with Gasteiger partial charge in [-0.25, -0.2) is 0 Å². The van der Waals surface area contributed by atoms with Crippen molar-refractivity contribution in [3.8, 4) is 0 Å². The third kappa shape index (κ3) is 1.38. The highest BCUT2D eigenvalue weighted by atomic mass is 16.4. The predicted octanol–water partition coefficient (Wildman–Crippen LogP) is -0.771. The van der Waals surface area contributed by atoms with Crippen molar-refractivity contribution in [2.24, 2.45) is 0 Å². The Balaban J connectivity index is 2.30. The average molecular weight is 210 g/mol. The van der Waals surface area contributed by atoms with E-state index >= 15 is 0 Å². The second-order valence-corrected chi connectivity index (χ2v) is 3.97. The molecule has 4 nitrogen and oxygen atoms in total. The zero-order chi connectivity index (χ0) is 11.1. The summed E-state index contributed by atoms with van der Waals surface area (Å²) in [5, 5.41) is 37.9. The van der Waals surface area contributed by atoms with E-state index < -0.39 is 30.3 Å². The van der Waals surface area contributed by atoms with Crippen LogP contribution in [0, 0.1) is 0 Å². The fourth-order valence-corrected chi connectivity index (χ4v) is 2.18. The Kier molecular flexibility index (Phi) is 2.52. The highest BCUT2D eigenvalue weighted by molar-refractivity contribution is 5.32. The largest absolute Gasteiger partial charge is 0.393 e. The van der Waals surface area contributed by atoms with E-state index in [1.807, 2.05) is 6.07 Å². The fourth-order valence-electron chi connectivity index (χ4n) is 2.18. The minimum absolute atomic E-state index is 0.565. The van der Waals surface area contributed by atoms with Crippen LogP contribution in [0.25, 0.3) is 0 Å². The van der Waals surface area contributed by atoms with Crippen LogP contribution >= 0.6 is 0 Å². The molecule has 0 aromatic heterocycles. The Hall–Kier alpha value is -0.940. The second-order valence-electron chi connectivity index (χ2n) is 3.97. The van der Waals surface area contributed by atoms with Crippen LogP contribution in [0.2, 0.25) is 0 Å². The van der Waals surface area contributed by atoms with Crippen molar-refractivity contribution in [3.63, 3.8) is 0 Å². The lowest BCUT2D eigenvalue weighted by Gasteiger charge is -2.52. The van der Waals surface area contributed by atoms with Crippen molar-refractivity contribution >= 4 is 0 Å². The van der Waals surface area contributed by atoms with Gasteiger partial charge in [-0.1, -0.05) is 30.3 Å².